The molecule has 0 aromatic heterocycles. The Kier molecular flexibility index (Phi) is 7.86. The topological polar surface area (TPSA) is 64.8 Å². The first-order chi connectivity index (χ1) is 16.5. The Bertz CT molecular complexity index is 1110. The van der Waals surface area contributed by atoms with Crippen molar-refractivity contribution in [2.24, 2.45) is 11.7 Å². The molecule has 178 valence electrons. The van der Waals surface area contributed by atoms with Crippen molar-refractivity contribution >= 4 is 11.6 Å². The zero-order valence-electron chi connectivity index (χ0n) is 20.1. The lowest BCUT2D eigenvalue weighted by atomic mass is 9.95. The van der Waals surface area contributed by atoms with Crippen molar-refractivity contribution in [1.82, 2.24) is 0 Å². The van der Waals surface area contributed by atoms with E-state index in [9.17, 15) is 4.79 Å². The summed E-state index contributed by atoms with van der Waals surface area (Å²) in [5.74, 6) is 1.55. The molecule has 0 saturated heterocycles. The first-order valence-electron chi connectivity index (χ1n) is 12.1. The van der Waals surface area contributed by atoms with Gasteiger partial charge in [0.05, 0.1) is 5.92 Å². The van der Waals surface area contributed by atoms with E-state index in [1.807, 2.05) is 60.4 Å². The van der Waals surface area contributed by atoms with E-state index >= 15 is 0 Å². The highest BCUT2D eigenvalue weighted by Crippen LogP contribution is 2.28. The Hall–Kier alpha value is -3.31. The van der Waals surface area contributed by atoms with E-state index in [0.717, 1.165) is 47.7 Å². The Labute approximate surface area is 202 Å². The predicted octanol–water partition coefficient (Wildman–Crippen LogP) is 4.86. The number of ether oxygens (including phenoxy) is 2. The van der Waals surface area contributed by atoms with Gasteiger partial charge in [0.15, 0.2) is 0 Å². The third kappa shape index (κ3) is 5.78. The summed E-state index contributed by atoms with van der Waals surface area (Å²) in [6.07, 6.45) is 2.62. The van der Waals surface area contributed by atoms with Crippen LogP contribution in [0.3, 0.4) is 0 Å². The largest absolute Gasteiger partial charge is 0.490 e. The number of anilines is 1. The lowest BCUT2D eigenvalue weighted by Crippen LogP contribution is -2.42. The molecular formula is C29H34N2O3. The SMILES string of the molecule is Cc1ccc(C)c(OCCOc2ccc(CC(CN)C(=O)N3CCCc4ccccc43)cc2)c1. The average molecular weight is 459 g/mol. The molecule has 4 rings (SSSR count). The number of nitrogens with zero attached hydrogens (tertiary/aromatic N) is 1. The van der Waals surface area contributed by atoms with Gasteiger partial charge in [-0.15, -0.1) is 0 Å². The molecule has 0 saturated carbocycles. The molecule has 1 amide bonds. The summed E-state index contributed by atoms with van der Waals surface area (Å²) in [7, 11) is 0. The van der Waals surface area contributed by atoms with E-state index in [0.29, 0.717) is 26.2 Å². The fourth-order valence-electron chi connectivity index (χ4n) is 4.43. The second-order valence-corrected chi connectivity index (χ2v) is 8.97. The number of hydrogen-bond acceptors (Lipinski definition) is 4. The summed E-state index contributed by atoms with van der Waals surface area (Å²) in [6, 6.07) is 22.3. The third-order valence-corrected chi connectivity index (χ3v) is 6.37. The summed E-state index contributed by atoms with van der Waals surface area (Å²) < 4.78 is 11.7. The van der Waals surface area contributed by atoms with Gasteiger partial charge in [0.2, 0.25) is 5.91 Å². The molecule has 1 heterocycles. The standard InChI is InChI=1S/C29H34N2O3/c1-21-9-10-22(2)28(18-21)34-17-16-33-26-13-11-23(12-14-26)19-25(20-30)29(32)31-15-5-7-24-6-3-4-8-27(24)31/h3-4,6,8-14,18,25H,5,7,15-17,19-20,30H2,1-2H3. The van der Waals surface area contributed by atoms with Crippen molar-refractivity contribution in [3.63, 3.8) is 0 Å². The number of carbonyl (C=O) groups excluding carboxylic acids is 1. The van der Waals surface area contributed by atoms with E-state index in [4.69, 9.17) is 15.2 Å². The van der Waals surface area contributed by atoms with Crippen molar-refractivity contribution in [3.05, 3.63) is 89.0 Å². The van der Waals surface area contributed by atoms with Crippen LogP contribution in [-0.2, 0) is 17.6 Å². The summed E-state index contributed by atoms with van der Waals surface area (Å²) in [5.41, 5.74) is 11.7. The molecule has 2 N–H and O–H groups in total. The van der Waals surface area contributed by atoms with Gasteiger partial charge in [0.25, 0.3) is 0 Å². The van der Waals surface area contributed by atoms with Gasteiger partial charge in [-0.1, -0.05) is 42.5 Å². The van der Waals surface area contributed by atoms with Crippen molar-refractivity contribution in [3.8, 4) is 11.5 Å². The third-order valence-electron chi connectivity index (χ3n) is 6.37. The van der Waals surface area contributed by atoms with E-state index in [1.54, 1.807) is 0 Å². The second kappa shape index (κ2) is 11.2. The number of aryl methyl sites for hydroxylation is 3. The molecule has 34 heavy (non-hydrogen) atoms. The summed E-state index contributed by atoms with van der Waals surface area (Å²) >= 11 is 0. The fourth-order valence-corrected chi connectivity index (χ4v) is 4.43. The molecule has 1 atom stereocenters. The molecule has 0 aliphatic carbocycles. The predicted molar refractivity (Wildman–Crippen MR) is 137 cm³/mol. The van der Waals surface area contributed by atoms with Crippen molar-refractivity contribution in [1.29, 1.82) is 0 Å². The molecule has 5 heteroatoms. The van der Waals surface area contributed by atoms with Crippen molar-refractivity contribution in [2.75, 3.05) is 31.2 Å². The smallest absolute Gasteiger partial charge is 0.231 e. The second-order valence-electron chi connectivity index (χ2n) is 8.97. The van der Waals surface area contributed by atoms with Crippen LogP contribution in [0, 0.1) is 19.8 Å². The number of nitrogens with two attached hydrogens (primary N) is 1. The van der Waals surface area contributed by atoms with Crippen LogP contribution in [0.4, 0.5) is 5.69 Å². The number of para-hydroxylation sites is 1. The van der Waals surface area contributed by atoms with Gasteiger partial charge in [0.1, 0.15) is 24.7 Å². The zero-order valence-corrected chi connectivity index (χ0v) is 20.1. The maximum atomic E-state index is 13.3. The van der Waals surface area contributed by atoms with E-state index in [-0.39, 0.29) is 11.8 Å². The maximum Gasteiger partial charge on any atom is 0.231 e. The average Bonchev–Trinajstić information content (AvgIpc) is 2.87. The van der Waals surface area contributed by atoms with Gasteiger partial charge >= 0.3 is 0 Å². The lowest BCUT2D eigenvalue weighted by Gasteiger charge is -2.32. The van der Waals surface area contributed by atoms with Crippen LogP contribution in [0.2, 0.25) is 0 Å². The monoisotopic (exact) mass is 458 g/mol. The van der Waals surface area contributed by atoms with Crippen LogP contribution in [-0.4, -0.2) is 32.2 Å². The van der Waals surface area contributed by atoms with Crippen LogP contribution in [0.25, 0.3) is 0 Å². The zero-order chi connectivity index (χ0) is 23.9. The highest BCUT2D eigenvalue weighted by atomic mass is 16.5. The molecule has 0 radical (unpaired) electrons. The Morgan fingerprint density at radius 3 is 2.56 bits per heavy atom. The fraction of sp³-hybridized carbons (Fsp3) is 0.345. The van der Waals surface area contributed by atoms with E-state index < -0.39 is 0 Å². The van der Waals surface area contributed by atoms with Gasteiger partial charge in [-0.3, -0.25) is 4.79 Å². The normalized spacial score (nSPS) is 13.8. The summed E-state index contributed by atoms with van der Waals surface area (Å²) in [6.45, 7) is 6.11. The van der Waals surface area contributed by atoms with Gasteiger partial charge in [-0.25, -0.2) is 0 Å². The molecule has 3 aromatic carbocycles. The quantitative estimate of drug-likeness (QED) is 0.465. The molecule has 0 spiro atoms. The molecule has 0 bridgehead atoms. The Morgan fingerprint density at radius 1 is 1.00 bits per heavy atom. The number of carbonyl (C=O) groups is 1. The van der Waals surface area contributed by atoms with Crippen LogP contribution < -0.4 is 20.1 Å². The van der Waals surface area contributed by atoms with Crippen molar-refractivity contribution < 1.29 is 14.3 Å². The Morgan fingerprint density at radius 2 is 1.76 bits per heavy atom. The molecule has 1 aliphatic heterocycles. The molecular weight excluding hydrogens is 424 g/mol. The maximum absolute atomic E-state index is 13.3. The minimum atomic E-state index is -0.246. The molecule has 1 aliphatic rings. The van der Waals surface area contributed by atoms with Crippen LogP contribution in [0.5, 0.6) is 11.5 Å². The van der Waals surface area contributed by atoms with Gasteiger partial charge in [0, 0.05) is 18.8 Å². The molecule has 3 aromatic rings. The molecule has 1 unspecified atom stereocenters. The summed E-state index contributed by atoms with van der Waals surface area (Å²) in [5, 5.41) is 0. The number of benzene rings is 3. The van der Waals surface area contributed by atoms with Gasteiger partial charge < -0.3 is 20.1 Å². The number of amides is 1. The minimum absolute atomic E-state index is 0.110. The molecule has 0 fully saturated rings. The van der Waals surface area contributed by atoms with Gasteiger partial charge in [-0.05, 0) is 79.6 Å². The van der Waals surface area contributed by atoms with Crippen LogP contribution in [0.15, 0.2) is 66.7 Å². The highest BCUT2D eigenvalue weighted by Gasteiger charge is 2.28. The summed E-state index contributed by atoms with van der Waals surface area (Å²) in [4.78, 5) is 15.2. The lowest BCUT2D eigenvalue weighted by molar-refractivity contribution is -0.122. The molecule has 5 nitrogen and oxygen atoms in total. The van der Waals surface area contributed by atoms with E-state index in [1.165, 1.54) is 11.1 Å². The first kappa shape index (κ1) is 23.8. The number of rotatable bonds is 9. The highest BCUT2D eigenvalue weighted by molar-refractivity contribution is 5.96. The Balaban J connectivity index is 1.30. The number of fused-ring (bicyclic) bond motifs is 1. The first-order valence-corrected chi connectivity index (χ1v) is 12.1. The minimum Gasteiger partial charge on any atom is -0.490 e. The van der Waals surface area contributed by atoms with Crippen LogP contribution in [0.1, 0.15) is 28.7 Å². The number of hydrogen-bond donors (Lipinski definition) is 1. The van der Waals surface area contributed by atoms with Crippen molar-refractivity contribution in [2.45, 2.75) is 33.1 Å². The van der Waals surface area contributed by atoms with Gasteiger partial charge in [-0.2, -0.15) is 0 Å². The van der Waals surface area contributed by atoms with E-state index in [2.05, 4.69) is 25.1 Å². The van der Waals surface area contributed by atoms with Crippen LogP contribution >= 0.6 is 0 Å².